The van der Waals surface area contributed by atoms with E-state index in [0.29, 0.717) is 28.2 Å². The van der Waals surface area contributed by atoms with Crippen LogP contribution in [-0.2, 0) is 20.0 Å². The zero-order valence-electron chi connectivity index (χ0n) is 28.1. The van der Waals surface area contributed by atoms with Gasteiger partial charge in [-0.3, -0.25) is 9.36 Å². The van der Waals surface area contributed by atoms with Crippen molar-refractivity contribution in [3.8, 4) is 11.5 Å². The first kappa shape index (κ1) is 31.9. The Hall–Kier alpha value is -5.30. The molecular formula is C38H38N6O6. The van der Waals surface area contributed by atoms with Gasteiger partial charge in [-0.2, -0.15) is 0 Å². The summed E-state index contributed by atoms with van der Waals surface area (Å²) < 4.78 is 34.2. The SMILES string of the molecule is CC(C)c1cc2c(c(C(=O)NC/C=C/[C@H]3O[C@@H](n4cnc5c(N)ncnc54)C4OC(C)(C)OC43)c1)OC(c1ccccc1)(c1ccccc1)O2. The molecule has 256 valence electrons. The molecule has 3 N–H and O–H groups in total. The number of carbonyl (C=O) groups excluding carboxylic acids is 1. The molecule has 2 aromatic heterocycles. The highest BCUT2D eigenvalue weighted by Crippen LogP contribution is 2.50. The minimum Gasteiger partial charge on any atom is -0.440 e. The maximum Gasteiger partial charge on any atom is 0.305 e. The standard InChI is InChI=1S/C38H38N6O6/c1-22(2)23-18-26(30-28(19-23)47-38(50-30,24-12-7-5-8-13-24)25-14-9-6-10-15-25)35(45)40-17-11-16-27-31-32(49-37(3,4)48-31)36(46-27)44-21-43-29-33(39)41-20-42-34(29)44/h5-16,18-22,27,31-32,36H,17H2,1-4H3,(H,40,45)(H2,39,41,42)/b16-11+/t27-,31?,32?,36-/m1/s1. The molecule has 2 unspecified atom stereocenters. The number of carbonyl (C=O) groups is 1. The lowest BCUT2D eigenvalue weighted by molar-refractivity contribution is -0.191. The highest BCUT2D eigenvalue weighted by Gasteiger charge is 2.55. The van der Waals surface area contributed by atoms with E-state index in [2.05, 4.69) is 34.1 Å². The molecule has 2 saturated heterocycles. The maximum absolute atomic E-state index is 13.9. The molecule has 50 heavy (non-hydrogen) atoms. The van der Waals surface area contributed by atoms with Gasteiger partial charge in [-0.1, -0.05) is 86.7 Å². The van der Waals surface area contributed by atoms with Gasteiger partial charge in [0.15, 0.2) is 35.0 Å². The van der Waals surface area contributed by atoms with Crippen molar-refractivity contribution in [2.45, 2.75) is 69.7 Å². The van der Waals surface area contributed by atoms with Gasteiger partial charge >= 0.3 is 5.79 Å². The van der Waals surface area contributed by atoms with Crippen molar-refractivity contribution in [3.05, 3.63) is 120 Å². The number of rotatable bonds is 8. The Labute approximate surface area is 289 Å². The minimum absolute atomic E-state index is 0.146. The van der Waals surface area contributed by atoms with Crippen LogP contribution < -0.4 is 20.5 Å². The Morgan fingerprint density at radius 2 is 1.66 bits per heavy atom. The number of nitrogen functional groups attached to an aromatic ring is 1. The minimum atomic E-state index is -1.25. The molecule has 12 heteroatoms. The fourth-order valence-electron chi connectivity index (χ4n) is 6.84. The lowest BCUT2D eigenvalue weighted by atomic mass is 9.97. The van der Waals surface area contributed by atoms with Crippen LogP contribution >= 0.6 is 0 Å². The molecule has 2 fully saturated rings. The number of nitrogens with two attached hydrogens (primary N) is 1. The average molecular weight is 675 g/mol. The molecule has 0 aliphatic carbocycles. The normalized spacial score (nSPS) is 23.1. The third kappa shape index (κ3) is 5.45. The topological polar surface area (TPSA) is 145 Å². The number of amides is 1. The molecule has 3 aliphatic rings. The predicted molar refractivity (Wildman–Crippen MR) is 184 cm³/mol. The van der Waals surface area contributed by atoms with Crippen LogP contribution in [0, 0.1) is 0 Å². The van der Waals surface area contributed by atoms with E-state index in [4.69, 9.17) is 29.4 Å². The van der Waals surface area contributed by atoms with Crippen molar-refractivity contribution in [2.75, 3.05) is 12.3 Å². The summed E-state index contributed by atoms with van der Waals surface area (Å²) in [5.41, 5.74) is 10.0. The van der Waals surface area contributed by atoms with E-state index >= 15 is 0 Å². The summed E-state index contributed by atoms with van der Waals surface area (Å²) in [6.45, 7) is 8.13. The summed E-state index contributed by atoms with van der Waals surface area (Å²) >= 11 is 0. The summed E-state index contributed by atoms with van der Waals surface area (Å²) in [5, 5.41) is 3.04. The molecule has 0 bridgehead atoms. The van der Waals surface area contributed by atoms with Crippen LogP contribution in [0.15, 0.2) is 97.6 Å². The van der Waals surface area contributed by atoms with Crippen molar-refractivity contribution in [2.24, 2.45) is 0 Å². The van der Waals surface area contributed by atoms with Crippen molar-refractivity contribution in [1.29, 1.82) is 0 Å². The molecule has 1 amide bonds. The molecule has 5 heterocycles. The number of nitrogens with zero attached hydrogens (tertiary/aromatic N) is 4. The van der Waals surface area contributed by atoms with Crippen molar-refractivity contribution in [1.82, 2.24) is 24.8 Å². The first-order chi connectivity index (χ1) is 24.1. The molecule has 8 rings (SSSR count). The summed E-state index contributed by atoms with van der Waals surface area (Å²) in [7, 11) is 0. The monoisotopic (exact) mass is 674 g/mol. The van der Waals surface area contributed by atoms with Gasteiger partial charge in [0.25, 0.3) is 5.91 Å². The molecule has 0 radical (unpaired) electrons. The summed E-state index contributed by atoms with van der Waals surface area (Å²) in [6, 6.07) is 23.4. The van der Waals surface area contributed by atoms with Gasteiger partial charge in [0.2, 0.25) is 0 Å². The second-order valence-corrected chi connectivity index (χ2v) is 13.4. The molecular weight excluding hydrogens is 636 g/mol. The number of imidazole rings is 1. The number of anilines is 1. The third-order valence-corrected chi connectivity index (χ3v) is 9.23. The summed E-state index contributed by atoms with van der Waals surface area (Å²) in [5.74, 6) is -1.02. The zero-order chi connectivity index (χ0) is 34.6. The number of ether oxygens (including phenoxy) is 5. The van der Waals surface area contributed by atoms with Gasteiger partial charge in [-0.15, -0.1) is 0 Å². The van der Waals surface area contributed by atoms with E-state index in [1.807, 2.05) is 98.8 Å². The molecule has 5 aromatic rings. The van der Waals surface area contributed by atoms with Crippen LogP contribution in [0.4, 0.5) is 5.82 Å². The third-order valence-electron chi connectivity index (χ3n) is 9.23. The number of fused-ring (bicyclic) bond motifs is 3. The van der Waals surface area contributed by atoms with Crippen LogP contribution in [0.25, 0.3) is 11.2 Å². The maximum atomic E-state index is 13.9. The molecule has 3 aromatic carbocycles. The number of hydrogen-bond acceptors (Lipinski definition) is 10. The number of hydrogen-bond donors (Lipinski definition) is 2. The van der Waals surface area contributed by atoms with Crippen molar-refractivity contribution >= 4 is 22.9 Å². The predicted octanol–water partition coefficient (Wildman–Crippen LogP) is 5.61. The Morgan fingerprint density at radius 3 is 2.36 bits per heavy atom. The number of benzene rings is 3. The fourth-order valence-corrected chi connectivity index (χ4v) is 6.84. The van der Waals surface area contributed by atoms with E-state index in [1.54, 1.807) is 10.9 Å². The van der Waals surface area contributed by atoms with Crippen LogP contribution in [-0.4, -0.2) is 56.1 Å². The second kappa shape index (κ2) is 12.2. The largest absolute Gasteiger partial charge is 0.440 e. The smallest absolute Gasteiger partial charge is 0.305 e. The van der Waals surface area contributed by atoms with Gasteiger partial charge in [-0.25, -0.2) is 15.0 Å². The molecule has 4 atom stereocenters. The van der Waals surface area contributed by atoms with Crippen molar-refractivity contribution in [3.63, 3.8) is 0 Å². The number of aromatic nitrogens is 4. The molecule has 3 aliphatic heterocycles. The first-order valence-electron chi connectivity index (χ1n) is 16.7. The lowest BCUT2D eigenvalue weighted by Crippen LogP contribution is -2.37. The molecule has 0 spiro atoms. The zero-order valence-corrected chi connectivity index (χ0v) is 28.1. The van der Waals surface area contributed by atoms with Gasteiger partial charge in [0.05, 0.1) is 11.9 Å². The van der Waals surface area contributed by atoms with E-state index < -0.39 is 36.1 Å². The van der Waals surface area contributed by atoms with Crippen LogP contribution in [0.3, 0.4) is 0 Å². The highest BCUT2D eigenvalue weighted by atomic mass is 16.8. The van der Waals surface area contributed by atoms with Gasteiger partial charge in [-0.05, 0) is 37.5 Å². The summed E-state index contributed by atoms with van der Waals surface area (Å²) in [4.78, 5) is 26.7. The average Bonchev–Trinajstić information content (AvgIpc) is 3.88. The first-order valence-corrected chi connectivity index (χ1v) is 16.7. The van der Waals surface area contributed by atoms with E-state index in [0.717, 1.165) is 16.7 Å². The number of nitrogens with one attached hydrogen (secondary N) is 1. The van der Waals surface area contributed by atoms with Gasteiger partial charge in [0, 0.05) is 17.7 Å². The lowest BCUT2D eigenvalue weighted by Gasteiger charge is -2.28. The molecule has 12 nitrogen and oxygen atoms in total. The van der Waals surface area contributed by atoms with Crippen LogP contribution in [0.5, 0.6) is 11.5 Å². The van der Waals surface area contributed by atoms with Crippen LogP contribution in [0.1, 0.15) is 66.9 Å². The molecule has 0 saturated carbocycles. The second-order valence-electron chi connectivity index (χ2n) is 13.4. The van der Waals surface area contributed by atoms with Crippen molar-refractivity contribution < 1.29 is 28.5 Å². The highest BCUT2D eigenvalue weighted by molar-refractivity contribution is 5.98. The van der Waals surface area contributed by atoms with Gasteiger partial charge in [0.1, 0.15) is 30.2 Å². The Morgan fingerprint density at radius 1 is 0.960 bits per heavy atom. The summed E-state index contributed by atoms with van der Waals surface area (Å²) in [6.07, 6.45) is 4.88. The van der Waals surface area contributed by atoms with Crippen LogP contribution in [0.2, 0.25) is 0 Å². The Bertz CT molecular complexity index is 2040. The fraction of sp³-hybridized carbons (Fsp3) is 0.316. The van der Waals surface area contributed by atoms with E-state index in [9.17, 15) is 4.79 Å². The quantitative estimate of drug-likeness (QED) is 0.199. The Kier molecular flexibility index (Phi) is 7.81. The van der Waals surface area contributed by atoms with Gasteiger partial charge < -0.3 is 34.7 Å². The van der Waals surface area contributed by atoms with E-state index in [1.165, 1.54) is 6.33 Å². The Balaban J connectivity index is 1.04. The van der Waals surface area contributed by atoms with E-state index in [-0.39, 0.29) is 24.2 Å².